The standard InChI is InChI=1S/C12H17ClN2O3S2/c1-9(12(16)10-3-4-11(13)19-10)14-5-7-15(8-6-14)20(2,17)18/h3-4,9H,5-8H2,1-2H3. The number of halogens is 1. The van der Waals surface area contributed by atoms with Crippen LogP contribution in [0.25, 0.3) is 0 Å². The maximum Gasteiger partial charge on any atom is 0.211 e. The number of sulfonamides is 1. The lowest BCUT2D eigenvalue weighted by Gasteiger charge is -2.36. The summed E-state index contributed by atoms with van der Waals surface area (Å²) in [4.78, 5) is 15.0. The van der Waals surface area contributed by atoms with E-state index in [0.717, 1.165) is 0 Å². The van der Waals surface area contributed by atoms with Crippen molar-refractivity contribution in [2.45, 2.75) is 13.0 Å². The molecule has 20 heavy (non-hydrogen) atoms. The van der Waals surface area contributed by atoms with Crippen LogP contribution in [0, 0.1) is 0 Å². The normalized spacial score (nSPS) is 19.9. The molecule has 8 heteroatoms. The maximum atomic E-state index is 12.3. The van der Waals surface area contributed by atoms with Crippen molar-refractivity contribution in [3.8, 4) is 0 Å². The predicted octanol–water partition coefficient (Wildman–Crippen LogP) is 1.55. The van der Waals surface area contributed by atoms with Crippen molar-refractivity contribution < 1.29 is 13.2 Å². The third kappa shape index (κ3) is 3.59. The predicted molar refractivity (Wildman–Crippen MR) is 81.1 cm³/mol. The summed E-state index contributed by atoms with van der Waals surface area (Å²) in [5.74, 6) is 0.0368. The quantitative estimate of drug-likeness (QED) is 0.783. The van der Waals surface area contributed by atoms with Crippen molar-refractivity contribution in [2.24, 2.45) is 0 Å². The summed E-state index contributed by atoms with van der Waals surface area (Å²) in [5.41, 5.74) is 0. The molecule has 2 rings (SSSR count). The van der Waals surface area contributed by atoms with E-state index < -0.39 is 10.0 Å². The van der Waals surface area contributed by atoms with E-state index >= 15 is 0 Å². The van der Waals surface area contributed by atoms with Gasteiger partial charge < -0.3 is 0 Å². The number of rotatable bonds is 4. The summed E-state index contributed by atoms with van der Waals surface area (Å²) in [6.45, 7) is 3.85. The molecule has 1 fully saturated rings. The van der Waals surface area contributed by atoms with Gasteiger partial charge in [0.2, 0.25) is 10.0 Å². The molecule has 0 bridgehead atoms. The Hall–Kier alpha value is -0.470. The van der Waals surface area contributed by atoms with Gasteiger partial charge >= 0.3 is 0 Å². The maximum absolute atomic E-state index is 12.3. The molecule has 1 saturated heterocycles. The molecule has 5 nitrogen and oxygen atoms in total. The fourth-order valence-electron chi connectivity index (χ4n) is 2.24. The molecule has 2 heterocycles. The summed E-state index contributed by atoms with van der Waals surface area (Å²) in [6.07, 6.45) is 1.21. The second-order valence-corrected chi connectivity index (χ2v) is 8.54. The summed E-state index contributed by atoms with van der Waals surface area (Å²) < 4.78 is 24.9. The summed E-state index contributed by atoms with van der Waals surface area (Å²) in [7, 11) is -3.14. The largest absolute Gasteiger partial charge is 0.291 e. The molecule has 0 amide bonds. The van der Waals surface area contributed by atoms with Crippen LogP contribution in [-0.4, -0.2) is 61.9 Å². The van der Waals surface area contributed by atoms with Crippen molar-refractivity contribution in [2.75, 3.05) is 32.4 Å². The van der Waals surface area contributed by atoms with E-state index in [1.807, 2.05) is 11.8 Å². The van der Waals surface area contributed by atoms with Gasteiger partial charge in [0.05, 0.1) is 21.5 Å². The van der Waals surface area contributed by atoms with Crippen LogP contribution in [0.15, 0.2) is 12.1 Å². The molecular weight excluding hydrogens is 320 g/mol. The van der Waals surface area contributed by atoms with Gasteiger partial charge in [0, 0.05) is 26.2 Å². The first kappa shape index (κ1) is 15.9. The number of hydrogen-bond donors (Lipinski definition) is 0. The van der Waals surface area contributed by atoms with Gasteiger partial charge in [-0.1, -0.05) is 11.6 Å². The number of thiophene rings is 1. The van der Waals surface area contributed by atoms with Crippen molar-refractivity contribution in [3.63, 3.8) is 0 Å². The smallest absolute Gasteiger partial charge is 0.211 e. The zero-order valence-corrected chi connectivity index (χ0v) is 13.8. The minimum Gasteiger partial charge on any atom is -0.291 e. The molecule has 1 aliphatic rings. The first-order chi connectivity index (χ1) is 9.29. The van der Waals surface area contributed by atoms with Crippen LogP contribution in [0.2, 0.25) is 4.34 Å². The monoisotopic (exact) mass is 336 g/mol. The Morgan fingerprint density at radius 1 is 1.30 bits per heavy atom. The number of ketones is 1. The Labute approximate surface area is 128 Å². The minimum absolute atomic E-state index is 0.0368. The molecule has 1 unspecified atom stereocenters. The van der Waals surface area contributed by atoms with Crippen molar-refractivity contribution >= 4 is 38.7 Å². The van der Waals surface area contributed by atoms with Crippen LogP contribution < -0.4 is 0 Å². The van der Waals surface area contributed by atoms with E-state index in [1.54, 1.807) is 12.1 Å². The van der Waals surface area contributed by atoms with Crippen LogP contribution in [0.5, 0.6) is 0 Å². The molecule has 1 aliphatic heterocycles. The number of carbonyl (C=O) groups excluding carboxylic acids is 1. The lowest BCUT2D eigenvalue weighted by atomic mass is 10.1. The van der Waals surface area contributed by atoms with E-state index in [-0.39, 0.29) is 11.8 Å². The molecule has 1 aromatic heterocycles. The highest BCUT2D eigenvalue weighted by Gasteiger charge is 2.29. The van der Waals surface area contributed by atoms with Gasteiger partial charge in [0.1, 0.15) is 0 Å². The van der Waals surface area contributed by atoms with Crippen molar-refractivity contribution in [1.82, 2.24) is 9.21 Å². The average molecular weight is 337 g/mol. The highest BCUT2D eigenvalue weighted by Crippen LogP contribution is 2.24. The fraction of sp³-hybridized carbons (Fsp3) is 0.583. The van der Waals surface area contributed by atoms with Crippen LogP contribution in [-0.2, 0) is 10.0 Å². The molecule has 0 saturated carbocycles. The Kier molecular flexibility index (Phi) is 4.86. The molecule has 0 aromatic carbocycles. The molecular formula is C12H17ClN2O3S2. The lowest BCUT2D eigenvalue weighted by Crippen LogP contribution is -2.52. The Bertz CT molecular complexity index is 592. The van der Waals surface area contributed by atoms with E-state index in [4.69, 9.17) is 11.6 Å². The van der Waals surface area contributed by atoms with Crippen LogP contribution >= 0.6 is 22.9 Å². The topological polar surface area (TPSA) is 57.7 Å². The molecule has 0 spiro atoms. The van der Waals surface area contributed by atoms with Crippen molar-refractivity contribution in [3.05, 3.63) is 21.3 Å². The first-order valence-corrected chi connectivity index (χ1v) is 9.32. The van der Waals surface area contributed by atoms with Crippen LogP contribution in [0.3, 0.4) is 0 Å². The van der Waals surface area contributed by atoms with E-state index in [9.17, 15) is 13.2 Å². The van der Waals surface area contributed by atoms with Crippen molar-refractivity contribution in [1.29, 1.82) is 0 Å². The summed E-state index contributed by atoms with van der Waals surface area (Å²) in [5, 5.41) is 0. The van der Waals surface area contributed by atoms with Gasteiger partial charge in [0.15, 0.2) is 5.78 Å². The third-order valence-corrected chi connectivity index (χ3v) is 6.03. The van der Waals surface area contributed by atoms with Gasteiger partial charge in [-0.25, -0.2) is 8.42 Å². The van der Waals surface area contributed by atoms with E-state index in [2.05, 4.69) is 0 Å². The van der Waals surface area contributed by atoms with Gasteiger partial charge in [-0.05, 0) is 19.1 Å². The summed E-state index contributed by atoms with van der Waals surface area (Å²) >= 11 is 7.12. The third-order valence-electron chi connectivity index (χ3n) is 3.49. The van der Waals surface area contributed by atoms with Gasteiger partial charge in [-0.3, -0.25) is 9.69 Å². The Balaban J connectivity index is 1.98. The summed E-state index contributed by atoms with van der Waals surface area (Å²) in [6, 6.07) is 3.19. The number of hydrogen-bond acceptors (Lipinski definition) is 5. The molecule has 112 valence electrons. The highest BCUT2D eigenvalue weighted by atomic mass is 35.5. The SMILES string of the molecule is CC(C(=O)c1ccc(Cl)s1)N1CCN(S(C)(=O)=O)CC1. The second-order valence-electron chi connectivity index (χ2n) is 4.84. The van der Waals surface area contributed by atoms with E-state index in [1.165, 1.54) is 21.9 Å². The molecule has 0 radical (unpaired) electrons. The molecule has 0 N–H and O–H groups in total. The molecule has 1 atom stereocenters. The highest BCUT2D eigenvalue weighted by molar-refractivity contribution is 7.88. The zero-order chi connectivity index (χ0) is 14.9. The fourth-order valence-corrected chi connectivity index (χ4v) is 4.13. The number of piperazine rings is 1. The van der Waals surface area contributed by atoms with E-state index in [0.29, 0.717) is 35.4 Å². The van der Waals surface area contributed by atoms with Gasteiger partial charge in [-0.2, -0.15) is 4.31 Å². The Morgan fingerprint density at radius 3 is 2.35 bits per heavy atom. The minimum atomic E-state index is -3.14. The van der Waals surface area contributed by atoms with Crippen LogP contribution in [0.4, 0.5) is 0 Å². The number of carbonyl (C=O) groups is 1. The number of Topliss-reactive ketones (excluding diaryl/α,β-unsaturated/α-hetero) is 1. The molecule has 0 aliphatic carbocycles. The lowest BCUT2D eigenvalue weighted by molar-refractivity contribution is 0.0787. The first-order valence-electron chi connectivity index (χ1n) is 6.28. The zero-order valence-electron chi connectivity index (χ0n) is 11.4. The second kappa shape index (κ2) is 6.11. The average Bonchev–Trinajstić information content (AvgIpc) is 2.83. The van der Waals surface area contributed by atoms with Crippen LogP contribution in [0.1, 0.15) is 16.6 Å². The van der Waals surface area contributed by atoms with Gasteiger partial charge in [0.25, 0.3) is 0 Å². The molecule has 1 aromatic rings. The number of nitrogens with zero attached hydrogens (tertiary/aromatic N) is 2. The van der Waals surface area contributed by atoms with Gasteiger partial charge in [-0.15, -0.1) is 11.3 Å². The Morgan fingerprint density at radius 2 is 1.90 bits per heavy atom.